The number of ether oxygens (including phenoxy) is 1. The van der Waals surface area contributed by atoms with Crippen molar-refractivity contribution < 1.29 is 9.53 Å². The highest BCUT2D eigenvalue weighted by Crippen LogP contribution is 2.26. The Hall–Kier alpha value is -0.590. The first-order valence-corrected chi connectivity index (χ1v) is 9.63. The van der Waals surface area contributed by atoms with Crippen molar-refractivity contribution in [3.63, 3.8) is 0 Å². The molecule has 4 nitrogen and oxygen atoms in total. The Morgan fingerprint density at radius 1 is 1.39 bits per heavy atom. The molecule has 0 spiro atoms. The molecule has 1 aromatic rings. The Bertz CT molecular complexity index is 490. The number of halogens is 1. The van der Waals surface area contributed by atoms with E-state index < -0.39 is 5.60 Å². The average molecular weight is 405 g/mol. The lowest BCUT2D eigenvalue weighted by Crippen LogP contribution is -2.43. The molecule has 2 N–H and O–H groups in total. The predicted molar refractivity (Wildman–Crippen MR) is 101 cm³/mol. The number of hydrogen-bond donors (Lipinski definition) is 2. The standard InChI is InChI=1S/C17H29BrN2O2S/c1-11(2)7-13(9-20-16(21)22-17(4,5)6)19-10-14-8-15(18)12(3)23-14/h8,11,13,19H,7,9-10H2,1-6H3,(H,20,21). The smallest absolute Gasteiger partial charge is 0.407 e. The molecule has 0 radical (unpaired) electrons. The van der Waals surface area contributed by atoms with E-state index in [9.17, 15) is 4.79 Å². The number of thiophene rings is 1. The quantitative estimate of drug-likeness (QED) is 0.682. The molecule has 1 rings (SSSR count). The fourth-order valence-corrected chi connectivity index (χ4v) is 3.73. The Kier molecular flexibility index (Phi) is 8.04. The number of aryl methyl sites for hydroxylation is 1. The summed E-state index contributed by atoms with van der Waals surface area (Å²) in [5.41, 5.74) is -0.466. The van der Waals surface area contributed by atoms with E-state index in [1.54, 1.807) is 11.3 Å². The van der Waals surface area contributed by atoms with E-state index in [4.69, 9.17) is 4.74 Å². The lowest BCUT2D eigenvalue weighted by Gasteiger charge is -2.23. The Balaban J connectivity index is 2.50. The monoisotopic (exact) mass is 404 g/mol. The van der Waals surface area contributed by atoms with Crippen LogP contribution in [0.1, 0.15) is 50.8 Å². The van der Waals surface area contributed by atoms with Gasteiger partial charge in [-0.25, -0.2) is 4.79 Å². The molecule has 1 amide bonds. The van der Waals surface area contributed by atoms with Gasteiger partial charge in [0.1, 0.15) is 5.60 Å². The third-order valence-electron chi connectivity index (χ3n) is 3.12. The van der Waals surface area contributed by atoms with Crippen LogP contribution in [0.2, 0.25) is 0 Å². The van der Waals surface area contributed by atoms with Crippen LogP contribution < -0.4 is 10.6 Å². The molecule has 0 aliphatic rings. The highest BCUT2D eigenvalue weighted by Gasteiger charge is 2.18. The van der Waals surface area contributed by atoms with Gasteiger partial charge in [-0.2, -0.15) is 0 Å². The minimum Gasteiger partial charge on any atom is -0.444 e. The number of carbonyl (C=O) groups excluding carboxylic acids is 1. The molecule has 0 saturated heterocycles. The summed E-state index contributed by atoms with van der Waals surface area (Å²) in [6.45, 7) is 13.5. The summed E-state index contributed by atoms with van der Waals surface area (Å²) >= 11 is 5.34. The summed E-state index contributed by atoms with van der Waals surface area (Å²) in [7, 11) is 0. The van der Waals surface area contributed by atoms with Crippen LogP contribution in [0, 0.1) is 12.8 Å². The molecule has 1 unspecified atom stereocenters. The van der Waals surface area contributed by atoms with Gasteiger partial charge in [-0.1, -0.05) is 13.8 Å². The van der Waals surface area contributed by atoms with Crippen molar-refractivity contribution >= 4 is 33.4 Å². The first kappa shape index (κ1) is 20.5. The van der Waals surface area contributed by atoms with Gasteiger partial charge in [0.15, 0.2) is 0 Å². The molecule has 1 heterocycles. The van der Waals surface area contributed by atoms with E-state index >= 15 is 0 Å². The molecule has 132 valence electrons. The van der Waals surface area contributed by atoms with Crippen LogP contribution in [0.15, 0.2) is 10.5 Å². The van der Waals surface area contributed by atoms with E-state index in [-0.39, 0.29) is 12.1 Å². The molecule has 0 saturated carbocycles. The zero-order valence-electron chi connectivity index (χ0n) is 15.0. The van der Waals surface area contributed by atoms with Crippen LogP contribution in [0.3, 0.4) is 0 Å². The molecule has 0 aliphatic heterocycles. The van der Waals surface area contributed by atoms with Crippen molar-refractivity contribution in [2.24, 2.45) is 5.92 Å². The zero-order chi connectivity index (χ0) is 17.6. The van der Waals surface area contributed by atoms with E-state index in [2.05, 4.69) is 53.4 Å². The molecular formula is C17H29BrN2O2S. The van der Waals surface area contributed by atoms with Gasteiger partial charge >= 0.3 is 6.09 Å². The summed E-state index contributed by atoms with van der Waals surface area (Å²) in [6, 6.07) is 2.38. The van der Waals surface area contributed by atoms with Crippen molar-refractivity contribution in [3.8, 4) is 0 Å². The van der Waals surface area contributed by atoms with Gasteiger partial charge in [-0.05, 0) is 62.0 Å². The summed E-state index contributed by atoms with van der Waals surface area (Å²) in [4.78, 5) is 14.4. The first-order valence-electron chi connectivity index (χ1n) is 8.02. The zero-order valence-corrected chi connectivity index (χ0v) is 17.4. The van der Waals surface area contributed by atoms with Gasteiger partial charge in [0.25, 0.3) is 0 Å². The second kappa shape index (κ2) is 9.04. The predicted octanol–water partition coefficient (Wildman–Crippen LogP) is 4.85. The van der Waals surface area contributed by atoms with Crippen molar-refractivity contribution in [1.29, 1.82) is 0 Å². The number of nitrogens with one attached hydrogen (secondary N) is 2. The maximum absolute atomic E-state index is 11.8. The molecular weight excluding hydrogens is 376 g/mol. The Morgan fingerprint density at radius 3 is 2.52 bits per heavy atom. The van der Waals surface area contributed by atoms with Crippen LogP contribution >= 0.6 is 27.3 Å². The van der Waals surface area contributed by atoms with Crippen molar-refractivity contribution in [2.75, 3.05) is 6.54 Å². The summed E-state index contributed by atoms with van der Waals surface area (Å²) < 4.78 is 6.45. The molecule has 6 heteroatoms. The number of amides is 1. The molecule has 1 atom stereocenters. The van der Waals surface area contributed by atoms with E-state index in [0.29, 0.717) is 12.5 Å². The number of alkyl carbamates (subject to hydrolysis) is 1. The molecule has 23 heavy (non-hydrogen) atoms. The van der Waals surface area contributed by atoms with Crippen LogP contribution in [0.5, 0.6) is 0 Å². The second-order valence-electron chi connectivity index (χ2n) is 7.21. The number of carbonyl (C=O) groups is 1. The van der Waals surface area contributed by atoms with E-state index in [0.717, 1.165) is 17.4 Å². The Morgan fingerprint density at radius 2 is 2.04 bits per heavy atom. The van der Waals surface area contributed by atoms with Crippen molar-refractivity contribution in [1.82, 2.24) is 10.6 Å². The van der Waals surface area contributed by atoms with E-state index in [1.807, 2.05) is 20.8 Å². The van der Waals surface area contributed by atoms with Crippen molar-refractivity contribution in [2.45, 2.75) is 66.2 Å². The van der Waals surface area contributed by atoms with Gasteiger partial charge in [0.05, 0.1) is 0 Å². The summed E-state index contributed by atoms with van der Waals surface area (Å²) in [5.74, 6) is 0.560. The normalized spacial score (nSPS) is 13.2. The number of hydrogen-bond acceptors (Lipinski definition) is 4. The van der Waals surface area contributed by atoms with E-state index in [1.165, 1.54) is 9.75 Å². The van der Waals surface area contributed by atoms with Gasteiger partial charge in [0, 0.05) is 33.4 Å². The summed E-state index contributed by atoms with van der Waals surface area (Å²) in [5, 5.41) is 6.41. The van der Waals surface area contributed by atoms with Gasteiger partial charge in [0.2, 0.25) is 0 Å². The van der Waals surface area contributed by atoms with Crippen LogP contribution in [-0.2, 0) is 11.3 Å². The SMILES string of the molecule is Cc1sc(CNC(CNC(=O)OC(C)(C)C)CC(C)C)cc1Br. The fraction of sp³-hybridized carbons (Fsp3) is 0.706. The first-order chi connectivity index (χ1) is 10.6. The largest absolute Gasteiger partial charge is 0.444 e. The molecule has 0 fully saturated rings. The number of rotatable bonds is 7. The topological polar surface area (TPSA) is 50.4 Å². The molecule has 0 bridgehead atoms. The van der Waals surface area contributed by atoms with Gasteiger partial charge in [-0.3, -0.25) is 0 Å². The molecule has 1 aromatic heterocycles. The van der Waals surface area contributed by atoms with Crippen molar-refractivity contribution in [3.05, 3.63) is 20.3 Å². The third-order valence-corrected chi connectivity index (χ3v) is 5.26. The lowest BCUT2D eigenvalue weighted by molar-refractivity contribution is 0.0521. The lowest BCUT2D eigenvalue weighted by atomic mass is 10.0. The highest BCUT2D eigenvalue weighted by atomic mass is 79.9. The minimum absolute atomic E-state index is 0.226. The second-order valence-corrected chi connectivity index (χ2v) is 9.40. The maximum atomic E-state index is 11.8. The Labute approximate surface area is 152 Å². The fourth-order valence-electron chi connectivity index (χ4n) is 2.18. The highest BCUT2D eigenvalue weighted by molar-refractivity contribution is 9.10. The van der Waals surface area contributed by atoms with Gasteiger partial charge in [-0.15, -0.1) is 11.3 Å². The molecule has 0 aromatic carbocycles. The minimum atomic E-state index is -0.466. The maximum Gasteiger partial charge on any atom is 0.407 e. The van der Waals surface area contributed by atoms with Crippen LogP contribution in [0.4, 0.5) is 4.79 Å². The average Bonchev–Trinajstić information content (AvgIpc) is 2.69. The summed E-state index contributed by atoms with van der Waals surface area (Å²) in [6.07, 6.45) is 0.643. The van der Waals surface area contributed by atoms with Crippen LogP contribution in [0.25, 0.3) is 0 Å². The van der Waals surface area contributed by atoms with Crippen LogP contribution in [-0.4, -0.2) is 24.3 Å². The molecule has 0 aliphatic carbocycles. The van der Waals surface area contributed by atoms with Gasteiger partial charge < -0.3 is 15.4 Å². The third kappa shape index (κ3) is 8.72.